The van der Waals surface area contributed by atoms with Crippen molar-refractivity contribution < 1.29 is 22.9 Å². The number of alkyl halides is 1. The summed E-state index contributed by atoms with van der Waals surface area (Å²) >= 11 is 0. The van der Waals surface area contributed by atoms with Gasteiger partial charge in [0.05, 0.1) is 18.7 Å². The molecule has 0 radical (unpaired) electrons. The van der Waals surface area contributed by atoms with Gasteiger partial charge in [-0.15, -0.1) is 0 Å². The van der Waals surface area contributed by atoms with Gasteiger partial charge in [0, 0.05) is 48.7 Å². The van der Waals surface area contributed by atoms with Crippen LogP contribution in [-0.2, 0) is 33.4 Å². The third-order valence-electron chi connectivity index (χ3n) is 7.62. The second kappa shape index (κ2) is 12.3. The van der Waals surface area contributed by atoms with E-state index in [9.17, 15) is 18.2 Å². The van der Waals surface area contributed by atoms with Crippen molar-refractivity contribution in [3.05, 3.63) is 35.0 Å². The third kappa shape index (κ3) is 5.67. The Labute approximate surface area is 215 Å². The number of carbonyl (C=O) groups is 2. The zero-order valence-electron chi connectivity index (χ0n) is 21.4. The Bertz CT molecular complexity index is 1110. The number of rotatable bonds is 10. The highest BCUT2D eigenvalue weighted by Crippen LogP contribution is 2.40. The number of halogens is 1. The maximum absolute atomic E-state index is 13.4. The minimum Gasteiger partial charge on any atom is -0.381 e. The van der Waals surface area contributed by atoms with Gasteiger partial charge in [-0.25, -0.2) is 4.21 Å². The first-order valence-electron chi connectivity index (χ1n) is 13.2. The van der Waals surface area contributed by atoms with E-state index in [4.69, 9.17) is 4.74 Å². The Morgan fingerprint density at radius 2 is 1.97 bits per heavy atom. The van der Waals surface area contributed by atoms with Crippen molar-refractivity contribution in [1.82, 2.24) is 14.2 Å². The van der Waals surface area contributed by atoms with E-state index in [0.29, 0.717) is 29.7 Å². The molecule has 2 amide bonds. The second-order valence-electron chi connectivity index (χ2n) is 9.73. The summed E-state index contributed by atoms with van der Waals surface area (Å²) in [6.45, 7) is 5.51. The summed E-state index contributed by atoms with van der Waals surface area (Å²) in [4.78, 5) is 27.1. The molecule has 1 aliphatic heterocycles. The molecule has 0 spiro atoms. The number of amides is 2. The molecule has 4 rings (SSSR count). The summed E-state index contributed by atoms with van der Waals surface area (Å²) in [5.41, 5.74) is 3.79. The molecule has 1 aliphatic carbocycles. The monoisotopic (exact) mass is 519 g/mol. The summed E-state index contributed by atoms with van der Waals surface area (Å²) in [5, 5.41) is 3.66. The molecule has 2 aromatic rings. The highest BCUT2D eigenvalue weighted by Gasteiger charge is 2.32. The van der Waals surface area contributed by atoms with Crippen LogP contribution in [-0.4, -0.2) is 70.2 Å². The summed E-state index contributed by atoms with van der Waals surface area (Å²) in [6.07, 6.45) is 5.34. The lowest BCUT2D eigenvalue weighted by atomic mass is 9.75. The van der Waals surface area contributed by atoms with Crippen molar-refractivity contribution in [1.29, 1.82) is 0 Å². The average Bonchev–Trinajstić information content (AvgIpc) is 3.24. The maximum atomic E-state index is 13.4. The zero-order chi connectivity index (χ0) is 25.7. The number of nitrogens with one attached hydrogen (secondary N) is 1. The SMILES string of the molecule is CCN(CC(=O)NCCCF)C(=O)c1ccc2c(c1)c1c(n2S(=O)CC)CCC(C2CCOCC2)C1. The minimum atomic E-state index is -1.16. The number of likely N-dealkylation sites (N-methyl/N-ethyl adjacent to an activating group) is 1. The van der Waals surface area contributed by atoms with Crippen LogP contribution in [0.4, 0.5) is 4.39 Å². The lowest BCUT2D eigenvalue weighted by Crippen LogP contribution is -2.41. The van der Waals surface area contributed by atoms with Gasteiger partial charge in [-0.05, 0) is 81.0 Å². The number of benzene rings is 1. The molecule has 1 aromatic heterocycles. The molecule has 198 valence electrons. The van der Waals surface area contributed by atoms with E-state index in [-0.39, 0.29) is 31.3 Å². The molecular formula is C27H38FN3O4S. The lowest BCUT2D eigenvalue weighted by Gasteiger charge is -2.33. The first kappa shape index (κ1) is 26.8. The van der Waals surface area contributed by atoms with Crippen molar-refractivity contribution in [3.8, 4) is 0 Å². The fourth-order valence-corrected chi connectivity index (χ4v) is 6.75. The Hall–Kier alpha value is -2.26. The first-order chi connectivity index (χ1) is 17.5. The molecule has 1 saturated heterocycles. The highest BCUT2D eigenvalue weighted by atomic mass is 32.2. The number of carbonyl (C=O) groups excluding carboxylic acids is 2. The molecule has 2 heterocycles. The largest absolute Gasteiger partial charge is 0.381 e. The van der Waals surface area contributed by atoms with Gasteiger partial charge in [0.1, 0.15) is 11.0 Å². The number of nitrogens with zero attached hydrogens (tertiary/aromatic N) is 2. The fraction of sp³-hybridized carbons (Fsp3) is 0.630. The summed E-state index contributed by atoms with van der Waals surface area (Å²) in [7, 11) is -1.16. The van der Waals surface area contributed by atoms with Crippen molar-refractivity contribution in [2.75, 3.05) is 45.3 Å². The summed E-state index contributed by atoms with van der Waals surface area (Å²) in [6, 6.07) is 5.61. The van der Waals surface area contributed by atoms with Crippen molar-refractivity contribution in [3.63, 3.8) is 0 Å². The molecule has 1 fully saturated rings. The van der Waals surface area contributed by atoms with E-state index < -0.39 is 17.7 Å². The molecule has 2 atom stereocenters. The number of fused-ring (bicyclic) bond motifs is 3. The standard InChI is InChI=1S/C27H38FN3O4S/c1-3-30(18-26(32)29-13-5-12-28)27(33)21-7-9-25-23(17-21)22-16-20(19-10-14-35-15-11-19)6-8-24(22)31(25)36(34)4-2/h7,9,17,19-20H,3-6,8,10-16,18H2,1-2H3,(H,29,32). The molecule has 0 saturated carbocycles. The van der Waals surface area contributed by atoms with Crippen LogP contribution in [0.2, 0.25) is 0 Å². The highest BCUT2D eigenvalue weighted by molar-refractivity contribution is 7.83. The van der Waals surface area contributed by atoms with Crippen molar-refractivity contribution in [2.24, 2.45) is 11.8 Å². The third-order valence-corrected chi connectivity index (χ3v) is 8.94. The predicted molar refractivity (Wildman–Crippen MR) is 140 cm³/mol. The number of aromatic nitrogens is 1. The van der Waals surface area contributed by atoms with Gasteiger partial charge in [-0.1, -0.05) is 6.92 Å². The van der Waals surface area contributed by atoms with E-state index in [1.807, 2.05) is 30.0 Å². The van der Waals surface area contributed by atoms with Gasteiger partial charge >= 0.3 is 0 Å². The molecular weight excluding hydrogens is 481 g/mol. The normalized spacial score (nSPS) is 19.1. The van der Waals surface area contributed by atoms with Crippen LogP contribution in [0.1, 0.15) is 61.1 Å². The first-order valence-corrected chi connectivity index (χ1v) is 14.5. The van der Waals surface area contributed by atoms with Gasteiger partial charge in [0.15, 0.2) is 0 Å². The minimum absolute atomic E-state index is 0.0650. The molecule has 1 N–H and O–H groups in total. The van der Waals surface area contributed by atoms with Gasteiger partial charge in [-0.3, -0.25) is 18.0 Å². The second-order valence-corrected chi connectivity index (χ2v) is 11.3. The molecule has 0 bridgehead atoms. The molecule has 1 aromatic carbocycles. The van der Waals surface area contributed by atoms with Gasteiger partial charge in [-0.2, -0.15) is 0 Å². The molecule has 2 unspecified atom stereocenters. The Kier molecular flexibility index (Phi) is 9.17. The van der Waals surface area contributed by atoms with E-state index >= 15 is 0 Å². The van der Waals surface area contributed by atoms with Crippen molar-refractivity contribution >= 4 is 33.7 Å². The Balaban J connectivity index is 1.64. The zero-order valence-corrected chi connectivity index (χ0v) is 22.2. The van der Waals surface area contributed by atoms with Gasteiger partial charge in [0.25, 0.3) is 5.91 Å². The van der Waals surface area contributed by atoms with Crippen molar-refractivity contribution in [2.45, 2.75) is 52.4 Å². The summed E-state index contributed by atoms with van der Waals surface area (Å²) in [5.74, 6) is 1.23. The number of hydrogen-bond acceptors (Lipinski definition) is 4. The van der Waals surface area contributed by atoms with E-state index in [0.717, 1.165) is 61.9 Å². The number of ether oxygens (including phenoxy) is 1. The predicted octanol–water partition coefficient (Wildman–Crippen LogP) is 3.64. The van der Waals surface area contributed by atoms with Crippen LogP contribution in [0.15, 0.2) is 18.2 Å². The Morgan fingerprint density at radius 1 is 1.19 bits per heavy atom. The quantitative estimate of drug-likeness (QED) is 0.486. The lowest BCUT2D eigenvalue weighted by molar-refractivity contribution is -0.121. The number of hydrogen-bond donors (Lipinski definition) is 1. The molecule has 2 aliphatic rings. The smallest absolute Gasteiger partial charge is 0.254 e. The fourth-order valence-electron chi connectivity index (χ4n) is 5.66. The van der Waals surface area contributed by atoms with Crippen LogP contribution < -0.4 is 5.32 Å². The van der Waals surface area contributed by atoms with Crippen LogP contribution in [0, 0.1) is 11.8 Å². The molecule has 36 heavy (non-hydrogen) atoms. The van der Waals surface area contributed by atoms with Crippen LogP contribution in [0.3, 0.4) is 0 Å². The van der Waals surface area contributed by atoms with Crippen LogP contribution in [0.25, 0.3) is 10.9 Å². The van der Waals surface area contributed by atoms with E-state index in [2.05, 4.69) is 5.32 Å². The topological polar surface area (TPSA) is 80.6 Å². The van der Waals surface area contributed by atoms with Gasteiger partial charge in [0.2, 0.25) is 5.91 Å². The molecule has 9 heteroatoms. The van der Waals surface area contributed by atoms with E-state index in [1.54, 1.807) is 6.07 Å². The van der Waals surface area contributed by atoms with E-state index in [1.165, 1.54) is 10.5 Å². The molecule has 7 nitrogen and oxygen atoms in total. The maximum Gasteiger partial charge on any atom is 0.254 e. The van der Waals surface area contributed by atoms with Crippen LogP contribution >= 0.6 is 0 Å². The summed E-state index contributed by atoms with van der Waals surface area (Å²) < 4.78 is 33.0. The average molecular weight is 520 g/mol. The van der Waals surface area contributed by atoms with Crippen LogP contribution in [0.5, 0.6) is 0 Å². The Morgan fingerprint density at radius 3 is 2.67 bits per heavy atom. The van der Waals surface area contributed by atoms with Gasteiger partial charge < -0.3 is 15.0 Å².